The number of rotatable bonds is 5. The van der Waals surface area contributed by atoms with Gasteiger partial charge in [0.25, 0.3) is 0 Å². The van der Waals surface area contributed by atoms with Crippen LogP contribution in [0, 0.1) is 12.8 Å². The van der Waals surface area contributed by atoms with Crippen molar-refractivity contribution < 1.29 is 22.7 Å². The fourth-order valence-electron chi connectivity index (χ4n) is 1.53. The van der Waals surface area contributed by atoms with Gasteiger partial charge in [0.1, 0.15) is 5.76 Å². The van der Waals surface area contributed by atoms with Crippen LogP contribution in [0.15, 0.2) is 10.5 Å². The highest BCUT2D eigenvalue weighted by Crippen LogP contribution is 2.22. The van der Waals surface area contributed by atoms with E-state index >= 15 is 0 Å². The SMILES string of the molecule is Cc1oc(C(=O)O)cc1CS(=O)(=O)C(C)C(C)C. The van der Waals surface area contributed by atoms with Crippen molar-refractivity contribution in [2.75, 3.05) is 0 Å². The normalized spacial score (nSPS) is 13.8. The number of sulfone groups is 1. The number of carboxylic acids is 1. The van der Waals surface area contributed by atoms with Crippen molar-refractivity contribution in [2.45, 2.75) is 38.7 Å². The summed E-state index contributed by atoms with van der Waals surface area (Å²) in [6, 6.07) is 1.28. The molecule has 0 fully saturated rings. The van der Waals surface area contributed by atoms with Gasteiger partial charge in [-0.1, -0.05) is 13.8 Å². The predicted molar refractivity (Wildman–Crippen MR) is 67.3 cm³/mol. The molecule has 1 atom stereocenters. The number of hydrogen-bond donors (Lipinski definition) is 1. The molecule has 1 aromatic rings. The molecule has 6 heteroatoms. The quantitative estimate of drug-likeness (QED) is 0.890. The minimum Gasteiger partial charge on any atom is -0.475 e. The van der Waals surface area contributed by atoms with Crippen molar-refractivity contribution in [3.05, 3.63) is 23.2 Å². The summed E-state index contributed by atoms with van der Waals surface area (Å²) in [6.07, 6.45) is 0. The Morgan fingerprint density at radius 3 is 2.33 bits per heavy atom. The molecule has 102 valence electrons. The highest BCUT2D eigenvalue weighted by molar-refractivity contribution is 7.91. The zero-order chi connectivity index (χ0) is 14.1. The fourth-order valence-corrected chi connectivity index (χ4v) is 3.34. The standard InChI is InChI=1S/C12H18O5S/c1-7(2)9(4)18(15,16)6-10-5-11(12(13)14)17-8(10)3/h5,7,9H,6H2,1-4H3,(H,13,14). The minimum absolute atomic E-state index is 0.0150. The van der Waals surface area contributed by atoms with Crippen molar-refractivity contribution in [2.24, 2.45) is 5.92 Å². The minimum atomic E-state index is -3.30. The van der Waals surface area contributed by atoms with Crippen LogP contribution >= 0.6 is 0 Å². The Morgan fingerprint density at radius 1 is 1.39 bits per heavy atom. The monoisotopic (exact) mass is 274 g/mol. The lowest BCUT2D eigenvalue weighted by molar-refractivity contribution is 0.0661. The van der Waals surface area contributed by atoms with Gasteiger partial charge < -0.3 is 9.52 Å². The number of carbonyl (C=O) groups is 1. The van der Waals surface area contributed by atoms with E-state index < -0.39 is 21.1 Å². The summed E-state index contributed by atoms with van der Waals surface area (Å²) < 4.78 is 29.2. The van der Waals surface area contributed by atoms with Crippen molar-refractivity contribution >= 4 is 15.8 Å². The lowest BCUT2D eigenvalue weighted by atomic mass is 10.2. The molecule has 1 aromatic heterocycles. The molecule has 0 amide bonds. The molecule has 0 bridgehead atoms. The predicted octanol–water partition coefficient (Wildman–Crippen LogP) is 2.25. The van der Waals surface area contributed by atoms with Crippen LogP contribution in [-0.4, -0.2) is 24.7 Å². The van der Waals surface area contributed by atoms with Gasteiger partial charge in [-0.05, 0) is 25.8 Å². The molecule has 0 saturated heterocycles. The maximum Gasteiger partial charge on any atom is 0.371 e. The molecule has 5 nitrogen and oxygen atoms in total. The van der Waals surface area contributed by atoms with Gasteiger partial charge in [0.15, 0.2) is 9.84 Å². The van der Waals surface area contributed by atoms with Crippen molar-refractivity contribution in [1.29, 1.82) is 0 Å². The van der Waals surface area contributed by atoms with Crippen LogP contribution in [0.4, 0.5) is 0 Å². The second kappa shape index (κ2) is 5.14. The van der Waals surface area contributed by atoms with Gasteiger partial charge in [0, 0.05) is 5.56 Å². The molecule has 0 aliphatic carbocycles. The van der Waals surface area contributed by atoms with E-state index in [-0.39, 0.29) is 17.4 Å². The van der Waals surface area contributed by atoms with Gasteiger partial charge in [-0.15, -0.1) is 0 Å². The summed E-state index contributed by atoms with van der Waals surface area (Å²) in [6.45, 7) is 6.91. The third-order valence-electron chi connectivity index (χ3n) is 3.09. The van der Waals surface area contributed by atoms with Gasteiger partial charge in [-0.2, -0.15) is 0 Å². The van der Waals surface area contributed by atoms with Gasteiger partial charge >= 0.3 is 5.97 Å². The first-order valence-electron chi connectivity index (χ1n) is 5.69. The molecule has 0 aliphatic rings. The lowest BCUT2D eigenvalue weighted by Gasteiger charge is -2.15. The van der Waals surface area contributed by atoms with Crippen LogP contribution in [0.5, 0.6) is 0 Å². The third kappa shape index (κ3) is 3.13. The molecular formula is C12H18O5S. The number of aromatic carboxylic acids is 1. The number of hydrogen-bond acceptors (Lipinski definition) is 4. The van der Waals surface area contributed by atoms with Crippen LogP contribution in [0.3, 0.4) is 0 Å². The van der Waals surface area contributed by atoms with Crippen molar-refractivity contribution in [3.8, 4) is 0 Å². The van der Waals surface area contributed by atoms with E-state index in [1.54, 1.807) is 13.8 Å². The molecule has 1 N–H and O–H groups in total. The van der Waals surface area contributed by atoms with Gasteiger partial charge in [-0.25, -0.2) is 13.2 Å². The highest BCUT2D eigenvalue weighted by Gasteiger charge is 2.26. The first kappa shape index (κ1) is 14.8. The lowest BCUT2D eigenvalue weighted by Crippen LogP contribution is -2.24. The summed E-state index contributed by atoms with van der Waals surface area (Å²) in [4.78, 5) is 10.7. The van der Waals surface area contributed by atoms with Gasteiger partial charge in [-0.3, -0.25) is 0 Å². The first-order chi connectivity index (χ1) is 8.15. The van der Waals surface area contributed by atoms with Crippen molar-refractivity contribution in [3.63, 3.8) is 0 Å². The van der Waals surface area contributed by atoms with E-state index in [1.807, 2.05) is 13.8 Å². The summed E-state index contributed by atoms with van der Waals surface area (Å²) in [5.41, 5.74) is 0.417. The largest absolute Gasteiger partial charge is 0.475 e. The van der Waals surface area contributed by atoms with E-state index in [2.05, 4.69) is 0 Å². The number of furan rings is 1. The van der Waals surface area contributed by atoms with Crippen LogP contribution in [0.25, 0.3) is 0 Å². The summed E-state index contributed by atoms with van der Waals surface area (Å²) in [5.74, 6) is -1.25. The second-order valence-corrected chi connectivity index (χ2v) is 7.11. The Labute approximate surface area is 107 Å². The maximum absolute atomic E-state index is 12.1. The number of carboxylic acid groups (broad SMARTS) is 1. The zero-order valence-corrected chi connectivity index (χ0v) is 11.7. The topological polar surface area (TPSA) is 84.6 Å². The van der Waals surface area contributed by atoms with Crippen LogP contribution in [0.1, 0.15) is 42.6 Å². The highest BCUT2D eigenvalue weighted by atomic mass is 32.2. The third-order valence-corrected chi connectivity index (χ3v) is 5.48. The zero-order valence-electron chi connectivity index (χ0n) is 10.9. The molecule has 0 aromatic carbocycles. The molecule has 1 heterocycles. The van der Waals surface area contributed by atoms with Crippen LogP contribution < -0.4 is 0 Å². The van der Waals surface area contributed by atoms with E-state index in [0.717, 1.165) is 0 Å². The Morgan fingerprint density at radius 2 is 1.94 bits per heavy atom. The van der Waals surface area contributed by atoms with Gasteiger partial charge in [0.2, 0.25) is 5.76 Å². The first-order valence-corrected chi connectivity index (χ1v) is 7.41. The molecule has 0 spiro atoms. The molecule has 18 heavy (non-hydrogen) atoms. The fraction of sp³-hybridized carbons (Fsp3) is 0.583. The van der Waals surface area contributed by atoms with Crippen LogP contribution in [-0.2, 0) is 15.6 Å². The molecule has 0 radical (unpaired) electrons. The summed E-state index contributed by atoms with van der Waals surface area (Å²) in [5, 5.41) is 8.30. The van der Waals surface area contributed by atoms with E-state index in [0.29, 0.717) is 11.3 Å². The molecule has 0 aliphatic heterocycles. The summed E-state index contributed by atoms with van der Waals surface area (Å²) in [7, 11) is -3.30. The second-order valence-electron chi connectivity index (χ2n) is 4.75. The maximum atomic E-state index is 12.1. The van der Waals surface area contributed by atoms with E-state index in [1.165, 1.54) is 6.07 Å². The smallest absolute Gasteiger partial charge is 0.371 e. The van der Waals surface area contributed by atoms with Crippen LogP contribution in [0.2, 0.25) is 0 Å². The molecule has 1 rings (SSSR count). The average Bonchev–Trinajstić information content (AvgIpc) is 2.58. The Kier molecular flexibility index (Phi) is 4.21. The molecule has 0 saturated carbocycles. The Hall–Kier alpha value is -1.30. The molecular weight excluding hydrogens is 256 g/mol. The Balaban J connectivity index is 3.01. The van der Waals surface area contributed by atoms with E-state index in [9.17, 15) is 13.2 Å². The Bertz CT molecular complexity index is 539. The number of aryl methyl sites for hydroxylation is 1. The average molecular weight is 274 g/mol. The van der Waals surface area contributed by atoms with Crippen molar-refractivity contribution in [1.82, 2.24) is 0 Å². The van der Waals surface area contributed by atoms with E-state index in [4.69, 9.17) is 9.52 Å². The van der Waals surface area contributed by atoms with Gasteiger partial charge in [0.05, 0.1) is 11.0 Å². The molecule has 1 unspecified atom stereocenters. The summed E-state index contributed by atoms with van der Waals surface area (Å²) >= 11 is 0.